The predicted molar refractivity (Wildman–Crippen MR) is 90.1 cm³/mol. The summed E-state index contributed by atoms with van der Waals surface area (Å²) in [5.74, 6) is 2.80. The van der Waals surface area contributed by atoms with Crippen LogP contribution >= 0.6 is 0 Å². The Hall–Kier alpha value is -3.63. The molecule has 4 N–H and O–H groups in total. The number of aliphatic hydroxyl groups is 1. The van der Waals surface area contributed by atoms with E-state index in [1.54, 1.807) is 47.1 Å². The summed E-state index contributed by atoms with van der Waals surface area (Å²) in [6.07, 6.45) is -1.75. The van der Waals surface area contributed by atoms with Crippen molar-refractivity contribution in [2.75, 3.05) is 0 Å². The molecule has 7 heteroatoms. The van der Waals surface area contributed by atoms with E-state index in [4.69, 9.17) is 10.8 Å². The van der Waals surface area contributed by atoms with Gasteiger partial charge in [0.1, 0.15) is 0 Å². The quantitative estimate of drug-likeness (QED) is 0.615. The first-order valence-corrected chi connectivity index (χ1v) is 7.28. The molecule has 0 spiro atoms. The molecule has 0 fully saturated rings. The lowest BCUT2D eigenvalue weighted by Gasteiger charge is -2.04. The third-order valence-corrected chi connectivity index (χ3v) is 3.50. The largest absolute Gasteiger partial charge is 0.479 e. The molecule has 7 nitrogen and oxygen atoms in total. The Labute approximate surface area is 142 Å². The number of nitrogens with zero attached hydrogens (tertiary/aromatic N) is 2. The molecule has 1 heterocycles. The fourth-order valence-electron chi connectivity index (χ4n) is 2.37. The van der Waals surface area contributed by atoms with Crippen LogP contribution in [0.4, 0.5) is 0 Å². The second-order valence-corrected chi connectivity index (χ2v) is 5.20. The van der Waals surface area contributed by atoms with Gasteiger partial charge in [-0.3, -0.25) is 4.79 Å². The van der Waals surface area contributed by atoms with Gasteiger partial charge in [0.15, 0.2) is 5.69 Å². The average Bonchev–Trinajstić information content (AvgIpc) is 3.00. The molecule has 3 rings (SSSR count). The topological polar surface area (TPSA) is 118 Å². The number of carboxylic acid groups (broad SMARTS) is 1. The molecule has 1 atom stereocenters. The molecule has 0 radical (unpaired) electrons. The number of hydrogen-bond acceptors (Lipinski definition) is 4. The number of primary amides is 1. The van der Waals surface area contributed by atoms with Gasteiger partial charge in [0.2, 0.25) is 6.10 Å². The number of carbonyl (C=O) groups is 2. The normalized spacial score (nSPS) is 11.6. The van der Waals surface area contributed by atoms with Crippen LogP contribution in [0.25, 0.3) is 16.6 Å². The van der Waals surface area contributed by atoms with Crippen molar-refractivity contribution in [3.05, 3.63) is 59.8 Å². The highest BCUT2D eigenvalue weighted by Crippen LogP contribution is 2.22. The number of rotatable bonds is 3. The number of carboxylic acids is 1. The van der Waals surface area contributed by atoms with Gasteiger partial charge in [0.25, 0.3) is 5.91 Å². The highest BCUT2D eigenvalue weighted by Gasteiger charge is 2.15. The molecule has 0 saturated carbocycles. The van der Waals surface area contributed by atoms with Crippen molar-refractivity contribution in [2.24, 2.45) is 5.73 Å². The van der Waals surface area contributed by atoms with E-state index in [1.807, 2.05) is 6.07 Å². The molecule has 0 aliphatic carbocycles. The van der Waals surface area contributed by atoms with Crippen molar-refractivity contribution >= 4 is 22.8 Å². The Morgan fingerprint density at radius 2 is 1.92 bits per heavy atom. The summed E-state index contributed by atoms with van der Waals surface area (Å²) in [6.45, 7) is 0. The first-order valence-electron chi connectivity index (χ1n) is 7.28. The van der Waals surface area contributed by atoms with E-state index in [2.05, 4.69) is 16.9 Å². The van der Waals surface area contributed by atoms with Crippen LogP contribution in [-0.4, -0.2) is 38.0 Å². The SMILES string of the molecule is NC(=O)c1nn(-c2cccc(C#CC(O)C(=O)O)c2)c2ccccc12. The Morgan fingerprint density at radius 3 is 2.64 bits per heavy atom. The summed E-state index contributed by atoms with van der Waals surface area (Å²) < 4.78 is 1.56. The lowest BCUT2D eigenvalue weighted by molar-refractivity contribution is -0.143. The van der Waals surface area contributed by atoms with Gasteiger partial charge in [-0.1, -0.05) is 36.1 Å². The van der Waals surface area contributed by atoms with E-state index in [9.17, 15) is 14.7 Å². The minimum Gasteiger partial charge on any atom is -0.479 e. The number of aliphatic carboxylic acids is 1. The summed E-state index contributed by atoms with van der Waals surface area (Å²) in [7, 11) is 0. The molecule has 0 aliphatic heterocycles. The van der Waals surface area contributed by atoms with Gasteiger partial charge in [0, 0.05) is 10.9 Å². The summed E-state index contributed by atoms with van der Waals surface area (Å²) in [6, 6.07) is 14.0. The number of aromatic nitrogens is 2. The first kappa shape index (κ1) is 16.2. The zero-order valence-electron chi connectivity index (χ0n) is 12.9. The van der Waals surface area contributed by atoms with Crippen LogP contribution in [0, 0.1) is 11.8 Å². The molecular weight excluding hydrogens is 322 g/mol. The molecular formula is C18H13N3O4. The van der Waals surface area contributed by atoms with E-state index in [1.165, 1.54) is 0 Å². The fraction of sp³-hybridized carbons (Fsp3) is 0.0556. The van der Waals surface area contributed by atoms with Crippen molar-refractivity contribution < 1.29 is 19.8 Å². The van der Waals surface area contributed by atoms with E-state index >= 15 is 0 Å². The molecule has 0 saturated heterocycles. The van der Waals surface area contributed by atoms with E-state index in [0.29, 0.717) is 22.2 Å². The smallest absolute Gasteiger partial charge is 0.345 e. The third kappa shape index (κ3) is 3.20. The van der Waals surface area contributed by atoms with Gasteiger partial charge < -0.3 is 15.9 Å². The molecule has 0 aliphatic rings. The van der Waals surface area contributed by atoms with Crippen molar-refractivity contribution in [2.45, 2.75) is 6.10 Å². The number of aliphatic hydroxyl groups excluding tert-OH is 1. The predicted octanol–water partition coefficient (Wildman–Crippen LogP) is 0.921. The Kier molecular flexibility index (Phi) is 4.20. The Bertz CT molecular complexity index is 1040. The monoisotopic (exact) mass is 335 g/mol. The van der Waals surface area contributed by atoms with Gasteiger partial charge in [-0.15, -0.1) is 0 Å². The number of amides is 1. The average molecular weight is 335 g/mol. The van der Waals surface area contributed by atoms with E-state index in [-0.39, 0.29) is 5.69 Å². The molecule has 1 amide bonds. The number of benzene rings is 2. The van der Waals surface area contributed by atoms with E-state index < -0.39 is 18.0 Å². The lowest BCUT2D eigenvalue weighted by Crippen LogP contribution is -2.16. The Morgan fingerprint density at radius 1 is 1.16 bits per heavy atom. The van der Waals surface area contributed by atoms with Gasteiger partial charge in [0.05, 0.1) is 11.2 Å². The number of carbonyl (C=O) groups excluding carboxylic acids is 1. The fourth-order valence-corrected chi connectivity index (χ4v) is 2.37. The number of hydrogen-bond donors (Lipinski definition) is 3. The maximum atomic E-state index is 11.6. The molecule has 0 bridgehead atoms. The highest BCUT2D eigenvalue weighted by molar-refractivity contribution is 6.04. The molecule has 2 aromatic carbocycles. The van der Waals surface area contributed by atoms with Crippen LogP contribution in [-0.2, 0) is 4.79 Å². The number of nitrogens with two attached hydrogens (primary N) is 1. The minimum absolute atomic E-state index is 0.161. The molecule has 3 aromatic rings. The van der Waals surface area contributed by atoms with Crippen LogP contribution in [0.5, 0.6) is 0 Å². The summed E-state index contributed by atoms with van der Waals surface area (Å²) in [5, 5.41) is 22.8. The maximum Gasteiger partial charge on any atom is 0.345 e. The minimum atomic E-state index is -1.75. The molecule has 1 aromatic heterocycles. The van der Waals surface area contributed by atoms with Gasteiger partial charge >= 0.3 is 5.97 Å². The van der Waals surface area contributed by atoms with Crippen LogP contribution in [0.2, 0.25) is 0 Å². The first-order chi connectivity index (χ1) is 12.0. The summed E-state index contributed by atoms with van der Waals surface area (Å²) >= 11 is 0. The molecule has 124 valence electrons. The van der Waals surface area contributed by atoms with Crippen LogP contribution < -0.4 is 5.73 Å². The summed E-state index contributed by atoms with van der Waals surface area (Å²) in [5.41, 5.74) is 7.37. The van der Waals surface area contributed by atoms with Crippen LogP contribution in [0.3, 0.4) is 0 Å². The molecule has 1 unspecified atom stereocenters. The number of para-hydroxylation sites is 1. The van der Waals surface area contributed by atoms with Gasteiger partial charge in [-0.2, -0.15) is 5.10 Å². The second kappa shape index (κ2) is 6.47. The maximum absolute atomic E-state index is 11.6. The standard InChI is InChI=1S/C18H13N3O4/c19-17(23)16-13-6-1-2-7-14(13)21(20-16)12-5-3-4-11(10-12)8-9-15(22)18(24)25/h1-7,10,15,22H,(H2,19,23)(H,24,25). The second-order valence-electron chi connectivity index (χ2n) is 5.20. The zero-order valence-corrected chi connectivity index (χ0v) is 12.9. The van der Waals surface area contributed by atoms with Crippen molar-refractivity contribution in [1.82, 2.24) is 9.78 Å². The zero-order chi connectivity index (χ0) is 18.0. The summed E-state index contributed by atoms with van der Waals surface area (Å²) in [4.78, 5) is 22.2. The van der Waals surface area contributed by atoms with Crippen molar-refractivity contribution in [1.29, 1.82) is 0 Å². The van der Waals surface area contributed by atoms with Crippen LogP contribution in [0.15, 0.2) is 48.5 Å². The van der Waals surface area contributed by atoms with Crippen molar-refractivity contribution in [3.8, 4) is 17.5 Å². The Balaban J connectivity index is 2.09. The van der Waals surface area contributed by atoms with Gasteiger partial charge in [-0.05, 0) is 24.3 Å². The number of fused-ring (bicyclic) bond motifs is 1. The van der Waals surface area contributed by atoms with Crippen molar-refractivity contribution in [3.63, 3.8) is 0 Å². The molecule has 25 heavy (non-hydrogen) atoms. The lowest BCUT2D eigenvalue weighted by atomic mass is 10.2. The van der Waals surface area contributed by atoms with Crippen LogP contribution in [0.1, 0.15) is 16.1 Å². The third-order valence-electron chi connectivity index (χ3n) is 3.50. The van der Waals surface area contributed by atoms with Gasteiger partial charge in [-0.25, -0.2) is 9.48 Å². The van der Waals surface area contributed by atoms with E-state index in [0.717, 1.165) is 0 Å². The highest BCUT2D eigenvalue weighted by atomic mass is 16.4.